The molecule has 0 unspecified atom stereocenters. The van der Waals surface area contributed by atoms with Crippen LogP contribution in [0.1, 0.15) is 88.0 Å². The van der Waals surface area contributed by atoms with Crippen molar-refractivity contribution in [3.63, 3.8) is 0 Å². The standard InChI is InChI=1S/C22H26N2O5/c1-5-8-12-11(4)21(27)23-17-15(12)19(25)16-13(9-6-2)14(10-29-7-3)22(28)24-18(16)20(17)26/h5-10H2,1-4H3,(H,23,27)(H,24,28). The third-order valence-corrected chi connectivity index (χ3v) is 5.37. The number of fused-ring (bicyclic) bond motifs is 2. The Kier molecular flexibility index (Phi) is 5.98. The first-order valence-corrected chi connectivity index (χ1v) is 10.1. The molecule has 0 fully saturated rings. The summed E-state index contributed by atoms with van der Waals surface area (Å²) in [5.74, 6) is -0.851. The van der Waals surface area contributed by atoms with E-state index in [9.17, 15) is 19.2 Å². The number of ketones is 2. The van der Waals surface area contributed by atoms with Gasteiger partial charge in [-0.1, -0.05) is 26.7 Å². The fourth-order valence-corrected chi connectivity index (χ4v) is 3.97. The van der Waals surface area contributed by atoms with Gasteiger partial charge in [0.2, 0.25) is 5.78 Å². The van der Waals surface area contributed by atoms with Crippen LogP contribution in [0, 0.1) is 6.92 Å². The highest BCUT2D eigenvalue weighted by Gasteiger charge is 2.37. The summed E-state index contributed by atoms with van der Waals surface area (Å²) in [7, 11) is 0. The van der Waals surface area contributed by atoms with E-state index in [2.05, 4.69) is 9.97 Å². The van der Waals surface area contributed by atoms with Crippen molar-refractivity contribution in [3.05, 3.63) is 65.5 Å². The first kappa shape index (κ1) is 20.9. The summed E-state index contributed by atoms with van der Waals surface area (Å²) in [5, 5.41) is 0. The van der Waals surface area contributed by atoms with Gasteiger partial charge in [-0.25, -0.2) is 0 Å². The molecule has 3 rings (SSSR count). The Morgan fingerprint density at radius 1 is 0.724 bits per heavy atom. The number of aromatic amines is 2. The minimum atomic E-state index is -0.526. The normalized spacial score (nSPS) is 12.8. The molecule has 0 saturated heterocycles. The smallest absolute Gasteiger partial charge is 0.254 e. The van der Waals surface area contributed by atoms with E-state index < -0.39 is 11.3 Å². The summed E-state index contributed by atoms with van der Waals surface area (Å²) in [5.41, 5.74) is 1.60. The predicted molar refractivity (Wildman–Crippen MR) is 109 cm³/mol. The lowest BCUT2D eigenvalue weighted by atomic mass is 9.81. The van der Waals surface area contributed by atoms with Gasteiger partial charge in [-0.05, 0) is 37.8 Å². The van der Waals surface area contributed by atoms with Crippen LogP contribution in [0.4, 0.5) is 0 Å². The summed E-state index contributed by atoms with van der Waals surface area (Å²) in [6.07, 6.45) is 2.43. The first-order chi connectivity index (χ1) is 13.9. The molecule has 0 bridgehead atoms. The van der Waals surface area contributed by atoms with Crippen molar-refractivity contribution in [2.24, 2.45) is 0 Å². The van der Waals surface area contributed by atoms with E-state index in [-0.39, 0.29) is 40.5 Å². The van der Waals surface area contributed by atoms with Crippen molar-refractivity contribution < 1.29 is 14.3 Å². The van der Waals surface area contributed by atoms with Crippen LogP contribution in [0.2, 0.25) is 0 Å². The number of aromatic nitrogens is 2. The Morgan fingerprint density at radius 2 is 1.28 bits per heavy atom. The van der Waals surface area contributed by atoms with Gasteiger partial charge < -0.3 is 14.7 Å². The van der Waals surface area contributed by atoms with Crippen molar-refractivity contribution in [2.75, 3.05) is 6.61 Å². The Bertz CT molecular complexity index is 1110. The molecule has 1 aliphatic rings. The Hall–Kier alpha value is -2.80. The van der Waals surface area contributed by atoms with E-state index in [4.69, 9.17) is 4.74 Å². The molecule has 1 aliphatic carbocycles. The minimum absolute atomic E-state index is 0.0304. The van der Waals surface area contributed by atoms with Crippen LogP contribution in [0.15, 0.2) is 9.59 Å². The molecule has 2 aromatic heterocycles. The summed E-state index contributed by atoms with van der Waals surface area (Å²) >= 11 is 0. The van der Waals surface area contributed by atoms with Gasteiger partial charge in [-0.2, -0.15) is 0 Å². The average Bonchev–Trinajstić information content (AvgIpc) is 2.69. The van der Waals surface area contributed by atoms with Gasteiger partial charge >= 0.3 is 0 Å². The van der Waals surface area contributed by atoms with Crippen LogP contribution in [0.5, 0.6) is 0 Å². The SMILES string of the molecule is CCCc1c2c([nH]c(=O)c1C)C(=O)c1[nH]c(=O)c(COCC)c(CCC)c1C2=O. The number of pyridine rings is 2. The second-order valence-electron chi connectivity index (χ2n) is 7.26. The largest absolute Gasteiger partial charge is 0.377 e. The molecule has 0 saturated carbocycles. The summed E-state index contributed by atoms with van der Waals surface area (Å²) < 4.78 is 5.44. The van der Waals surface area contributed by atoms with E-state index in [1.807, 2.05) is 20.8 Å². The number of nitrogens with one attached hydrogen (secondary N) is 2. The molecule has 7 heteroatoms. The van der Waals surface area contributed by atoms with E-state index in [0.717, 1.165) is 6.42 Å². The molecule has 0 amide bonds. The van der Waals surface area contributed by atoms with Crippen LogP contribution in [-0.4, -0.2) is 28.1 Å². The van der Waals surface area contributed by atoms with Gasteiger partial charge in [0.15, 0.2) is 5.78 Å². The molecule has 0 aliphatic heterocycles. The molecule has 0 atom stereocenters. The first-order valence-electron chi connectivity index (χ1n) is 10.1. The molecular formula is C22H26N2O5. The van der Waals surface area contributed by atoms with Crippen molar-refractivity contribution in [2.45, 2.75) is 60.0 Å². The Labute approximate surface area is 168 Å². The van der Waals surface area contributed by atoms with Crippen molar-refractivity contribution >= 4 is 11.6 Å². The minimum Gasteiger partial charge on any atom is -0.377 e. The fourth-order valence-electron chi connectivity index (χ4n) is 3.97. The van der Waals surface area contributed by atoms with Crippen LogP contribution < -0.4 is 11.1 Å². The van der Waals surface area contributed by atoms with Crippen molar-refractivity contribution in [1.82, 2.24) is 9.97 Å². The van der Waals surface area contributed by atoms with Gasteiger partial charge in [-0.3, -0.25) is 19.2 Å². The highest BCUT2D eigenvalue weighted by molar-refractivity contribution is 6.28. The second-order valence-corrected chi connectivity index (χ2v) is 7.26. The molecule has 2 aromatic rings. The third kappa shape index (κ3) is 3.40. The Balaban J connectivity index is 2.36. The third-order valence-electron chi connectivity index (χ3n) is 5.37. The molecule has 0 spiro atoms. The van der Waals surface area contributed by atoms with E-state index in [0.29, 0.717) is 48.1 Å². The highest BCUT2D eigenvalue weighted by Crippen LogP contribution is 2.31. The van der Waals surface area contributed by atoms with Crippen LogP contribution in [-0.2, 0) is 24.2 Å². The molecule has 2 heterocycles. The van der Waals surface area contributed by atoms with Gasteiger partial charge in [0, 0.05) is 17.7 Å². The van der Waals surface area contributed by atoms with E-state index in [1.54, 1.807) is 6.92 Å². The lowest BCUT2D eigenvalue weighted by Gasteiger charge is -2.24. The molecule has 29 heavy (non-hydrogen) atoms. The van der Waals surface area contributed by atoms with Crippen LogP contribution in [0.25, 0.3) is 0 Å². The number of rotatable bonds is 7. The van der Waals surface area contributed by atoms with E-state index >= 15 is 0 Å². The number of H-pyrrole nitrogens is 2. The zero-order valence-electron chi connectivity index (χ0n) is 17.3. The number of hydrogen-bond acceptors (Lipinski definition) is 5. The lowest BCUT2D eigenvalue weighted by Crippen LogP contribution is -2.34. The van der Waals surface area contributed by atoms with Gasteiger partial charge in [0.05, 0.1) is 17.7 Å². The number of carbonyl (C=O) groups excluding carboxylic acids is 2. The fraction of sp³-hybridized carbons (Fsp3) is 0.455. The molecule has 2 N–H and O–H groups in total. The second kappa shape index (κ2) is 8.29. The number of ether oxygens (including phenoxy) is 1. The van der Waals surface area contributed by atoms with E-state index in [1.165, 1.54) is 0 Å². The number of hydrogen-bond donors (Lipinski definition) is 2. The number of carbonyl (C=O) groups is 2. The van der Waals surface area contributed by atoms with Crippen LogP contribution in [0.3, 0.4) is 0 Å². The molecule has 7 nitrogen and oxygen atoms in total. The Morgan fingerprint density at radius 3 is 1.86 bits per heavy atom. The van der Waals surface area contributed by atoms with Crippen molar-refractivity contribution in [1.29, 1.82) is 0 Å². The van der Waals surface area contributed by atoms with Gasteiger partial charge in [0.25, 0.3) is 11.1 Å². The topological polar surface area (TPSA) is 109 Å². The monoisotopic (exact) mass is 398 g/mol. The maximum absolute atomic E-state index is 13.6. The maximum atomic E-state index is 13.6. The summed E-state index contributed by atoms with van der Waals surface area (Å²) in [6.45, 7) is 7.90. The quantitative estimate of drug-likeness (QED) is 0.636. The molecular weight excluding hydrogens is 372 g/mol. The zero-order chi connectivity index (χ0) is 21.3. The zero-order valence-corrected chi connectivity index (χ0v) is 17.3. The molecule has 154 valence electrons. The van der Waals surface area contributed by atoms with Crippen LogP contribution >= 0.6 is 0 Å². The molecule has 0 aromatic carbocycles. The van der Waals surface area contributed by atoms with Crippen molar-refractivity contribution in [3.8, 4) is 0 Å². The average molecular weight is 398 g/mol. The summed E-state index contributed by atoms with van der Waals surface area (Å²) in [4.78, 5) is 57.0. The maximum Gasteiger partial charge on any atom is 0.254 e. The van der Waals surface area contributed by atoms with Gasteiger partial charge in [-0.15, -0.1) is 0 Å². The lowest BCUT2D eigenvalue weighted by molar-refractivity contribution is 0.0967. The summed E-state index contributed by atoms with van der Waals surface area (Å²) in [6, 6.07) is 0. The highest BCUT2D eigenvalue weighted by atomic mass is 16.5. The predicted octanol–water partition coefficient (Wildman–Crippen LogP) is 2.59. The molecule has 0 radical (unpaired) electrons. The van der Waals surface area contributed by atoms with Gasteiger partial charge in [0.1, 0.15) is 11.4 Å².